The van der Waals surface area contributed by atoms with Gasteiger partial charge in [-0.25, -0.2) is 0 Å². The summed E-state index contributed by atoms with van der Waals surface area (Å²) in [6.07, 6.45) is 0. The van der Waals surface area contributed by atoms with E-state index in [0.717, 1.165) is 5.69 Å². The largest absolute Gasteiger partial charge is 0.309 e. The Bertz CT molecular complexity index is 3580. The van der Waals surface area contributed by atoms with Crippen LogP contribution in [0.4, 0.5) is 0 Å². The molecule has 0 bridgehead atoms. The molecule has 0 amide bonds. The van der Waals surface area contributed by atoms with Crippen LogP contribution in [-0.2, 0) is 5.41 Å². The molecule has 1 aliphatic rings. The predicted molar refractivity (Wildman–Crippen MR) is 269 cm³/mol. The summed E-state index contributed by atoms with van der Waals surface area (Å²) in [4.78, 5) is 0. The summed E-state index contributed by atoms with van der Waals surface area (Å²) < 4.78 is 2.50. The second-order valence-corrected chi connectivity index (χ2v) is 17.2. The Kier molecular flexibility index (Phi) is 8.20. The van der Waals surface area contributed by atoms with Gasteiger partial charge in [-0.3, -0.25) is 0 Å². The molecule has 298 valence electrons. The fourth-order valence-electron chi connectivity index (χ4n) is 11.0. The first-order valence-electron chi connectivity index (χ1n) is 22.2. The van der Waals surface area contributed by atoms with Crippen LogP contribution in [0.5, 0.6) is 0 Å². The average molecular weight is 812 g/mol. The van der Waals surface area contributed by atoms with Crippen molar-refractivity contribution in [3.8, 4) is 50.2 Å². The number of nitrogens with zero attached hydrogens (tertiary/aromatic N) is 1. The molecule has 0 saturated heterocycles. The molecule has 0 radical (unpaired) electrons. The van der Waals surface area contributed by atoms with Gasteiger partial charge in [0, 0.05) is 16.5 Å². The first-order chi connectivity index (χ1) is 31.7. The van der Waals surface area contributed by atoms with Crippen LogP contribution in [0.15, 0.2) is 249 Å². The third kappa shape index (κ3) is 5.44. The van der Waals surface area contributed by atoms with Gasteiger partial charge in [-0.15, -0.1) is 0 Å². The van der Waals surface area contributed by atoms with Crippen molar-refractivity contribution >= 4 is 43.4 Å². The Morgan fingerprint density at radius 1 is 0.266 bits per heavy atom. The number of fused-ring (bicyclic) bond motifs is 8. The molecule has 0 fully saturated rings. The van der Waals surface area contributed by atoms with Crippen LogP contribution in [0.2, 0.25) is 0 Å². The molecule has 11 aromatic carbocycles. The third-order valence-electron chi connectivity index (χ3n) is 13.9. The molecule has 1 nitrogen and oxygen atoms in total. The summed E-state index contributed by atoms with van der Waals surface area (Å²) in [5.74, 6) is 0. The molecule has 12 aromatic rings. The van der Waals surface area contributed by atoms with E-state index in [0.29, 0.717) is 0 Å². The van der Waals surface area contributed by atoms with Crippen molar-refractivity contribution in [1.29, 1.82) is 0 Å². The summed E-state index contributed by atoms with van der Waals surface area (Å²) >= 11 is 0. The van der Waals surface area contributed by atoms with Gasteiger partial charge in [-0.1, -0.05) is 206 Å². The lowest BCUT2D eigenvalue weighted by molar-refractivity contribution is 0.768. The lowest BCUT2D eigenvalue weighted by Crippen LogP contribution is -2.28. The maximum Gasteiger partial charge on any atom is 0.0714 e. The van der Waals surface area contributed by atoms with Gasteiger partial charge in [0.2, 0.25) is 0 Å². The third-order valence-corrected chi connectivity index (χ3v) is 13.9. The van der Waals surface area contributed by atoms with Crippen LogP contribution in [0.1, 0.15) is 22.3 Å². The van der Waals surface area contributed by atoms with Crippen molar-refractivity contribution in [2.45, 2.75) is 5.41 Å². The number of rotatable bonds is 6. The SMILES string of the molecule is c1ccc(-c2ccc3c(c2)C(c2ccccc2)(c2ccccc2)c2cc(-n4c5ccc(-c6cccc7ccccc67)cc5c5cc(-c6cccc7ccccc67)ccc54)ccc2-3)cc1. The van der Waals surface area contributed by atoms with Gasteiger partial charge in [0.05, 0.1) is 16.4 Å². The fourth-order valence-corrected chi connectivity index (χ4v) is 11.0. The molecule has 0 N–H and O–H groups in total. The fraction of sp³-hybridized carbons (Fsp3) is 0.0159. The predicted octanol–water partition coefficient (Wildman–Crippen LogP) is 16.5. The minimum atomic E-state index is -0.560. The smallest absolute Gasteiger partial charge is 0.0714 e. The van der Waals surface area contributed by atoms with Gasteiger partial charge >= 0.3 is 0 Å². The molecule has 0 unspecified atom stereocenters. The lowest BCUT2D eigenvalue weighted by atomic mass is 9.67. The highest BCUT2D eigenvalue weighted by atomic mass is 15.0. The molecule has 0 aliphatic heterocycles. The van der Waals surface area contributed by atoms with Crippen LogP contribution < -0.4 is 0 Å². The molecule has 0 atom stereocenters. The van der Waals surface area contributed by atoms with Gasteiger partial charge in [0.1, 0.15) is 0 Å². The van der Waals surface area contributed by atoms with Gasteiger partial charge < -0.3 is 4.57 Å². The van der Waals surface area contributed by atoms with Crippen LogP contribution in [-0.4, -0.2) is 4.57 Å². The van der Waals surface area contributed by atoms with E-state index in [4.69, 9.17) is 0 Å². The monoisotopic (exact) mass is 811 g/mol. The zero-order chi connectivity index (χ0) is 42.2. The first kappa shape index (κ1) is 36.4. The number of aromatic nitrogens is 1. The molecule has 1 aliphatic carbocycles. The van der Waals surface area contributed by atoms with E-state index >= 15 is 0 Å². The van der Waals surface area contributed by atoms with E-state index in [1.807, 2.05) is 0 Å². The number of hydrogen-bond donors (Lipinski definition) is 0. The van der Waals surface area contributed by atoms with E-state index in [1.165, 1.54) is 110 Å². The topological polar surface area (TPSA) is 4.93 Å². The average Bonchev–Trinajstić information content (AvgIpc) is 3.86. The summed E-state index contributed by atoms with van der Waals surface area (Å²) in [6.45, 7) is 0. The second kappa shape index (κ2) is 14.4. The Morgan fingerprint density at radius 2 is 0.719 bits per heavy atom. The molecule has 1 heterocycles. The van der Waals surface area contributed by atoms with Crippen LogP contribution in [0, 0.1) is 0 Å². The van der Waals surface area contributed by atoms with E-state index in [9.17, 15) is 0 Å². The molecule has 0 saturated carbocycles. The van der Waals surface area contributed by atoms with E-state index in [2.05, 4.69) is 253 Å². The molecule has 13 rings (SSSR count). The van der Waals surface area contributed by atoms with Crippen molar-refractivity contribution in [2.75, 3.05) is 0 Å². The summed E-state index contributed by atoms with van der Waals surface area (Å²) in [6, 6.07) is 92.3. The second-order valence-electron chi connectivity index (χ2n) is 17.2. The van der Waals surface area contributed by atoms with E-state index in [-0.39, 0.29) is 0 Å². The highest BCUT2D eigenvalue weighted by Crippen LogP contribution is 2.57. The van der Waals surface area contributed by atoms with Crippen molar-refractivity contribution in [3.05, 3.63) is 271 Å². The summed E-state index contributed by atoms with van der Waals surface area (Å²) in [5.41, 5.74) is 17.9. The highest BCUT2D eigenvalue weighted by molar-refractivity contribution is 6.13. The zero-order valence-corrected chi connectivity index (χ0v) is 35.1. The summed E-state index contributed by atoms with van der Waals surface area (Å²) in [5, 5.41) is 7.48. The summed E-state index contributed by atoms with van der Waals surface area (Å²) in [7, 11) is 0. The molecule has 1 heteroatoms. The highest BCUT2D eigenvalue weighted by Gasteiger charge is 2.46. The first-order valence-corrected chi connectivity index (χ1v) is 22.2. The number of hydrogen-bond acceptors (Lipinski definition) is 0. The van der Waals surface area contributed by atoms with E-state index in [1.54, 1.807) is 0 Å². The van der Waals surface area contributed by atoms with E-state index < -0.39 is 5.41 Å². The molecule has 0 spiro atoms. The molecular formula is C63H41N. The minimum absolute atomic E-state index is 0.560. The Morgan fingerprint density at radius 3 is 1.28 bits per heavy atom. The van der Waals surface area contributed by atoms with Gasteiger partial charge in [0.15, 0.2) is 0 Å². The van der Waals surface area contributed by atoms with Crippen molar-refractivity contribution in [3.63, 3.8) is 0 Å². The van der Waals surface area contributed by atoms with Gasteiger partial charge in [-0.05, 0) is 131 Å². The zero-order valence-electron chi connectivity index (χ0n) is 35.1. The maximum absolute atomic E-state index is 2.50. The molecule has 64 heavy (non-hydrogen) atoms. The Balaban J connectivity index is 1.09. The Labute approximate surface area is 372 Å². The molecular weight excluding hydrogens is 771 g/mol. The van der Waals surface area contributed by atoms with Crippen molar-refractivity contribution < 1.29 is 0 Å². The standard InChI is InChI=1S/C63H41N/c1-4-16-42(17-5-1)45-30-34-55-56-35-33-50(41-60(56)63(59(55)40-45,48-22-6-2-7-23-48)49-24-8-3-9-25-49)64-61-36-31-46(53-28-14-20-43-18-10-12-26-51(43)53)38-57(61)58-39-47(32-37-62(58)64)54-29-15-21-44-19-11-13-27-52(44)54/h1-41H. The maximum atomic E-state index is 2.50. The van der Waals surface area contributed by atoms with Crippen LogP contribution >= 0.6 is 0 Å². The minimum Gasteiger partial charge on any atom is -0.309 e. The Hall–Kier alpha value is -8.26. The van der Waals surface area contributed by atoms with Crippen LogP contribution in [0.25, 0.3) is 93.5 Å². The lowest BCUT2D eigenvalue weighted by Gasteiger charge is -2.34. The van der Waals surface area contributed by atoms with Crippen molar-refractivity contribution in [1.82, 2.24) is 4.57 Å². The normalized spacial score (nSPS) is 12.8. The van der Waals surface area contributed by atoms with Crippen molar-refractivity contribution in [2.24, 2.45) is 0 Å². The number of benzene rings is 11. The van der Waals surface area contributed by atoms with Gasteiger partial charge in [-0.2, -0.15) is 0 Å². The van der Waals surface area contributed by atoms with Gasteiger partial charge in [0.25, 0.3) is 0 Å². The molecule has 1 aromatic heterocycles. The quantitative estimate of drug-likeness (QED) is 0.158. The van der Waals surface area contributed by atoms with Crippen LogP contribution in [0.3, 0.4) is 0 Å².